The molecule has 2 unspecified atom stereocenters. The number of hydrogen-bond donors (Lipinski definition) is 3. The van der Waals surface area contributed by atoms with Crippen molar-refractivity contribution in [3.63, 3.8) is 0 Å². The molecule has 0 spiro atoms. The second-order valence-corrected chi connectivity index (χ2v) is 4.41. The largest absolute Gasteiger partial charge is 0.481 e. The van der Waals surface area contributed by atoms with Gasteiger partial charge < -0.3 is 15.7 Å². The quantitative estimate of drug-likeness (QED) is 0.568. The van der Waals surface area contributed by atoms with Gasteiger partial charge in [-0.25, -0.2) is 0 Å². The molecular formula is C12H24N2O3. The van der Waals surface area contributed by atoms with Crippen LogP contribution in [0.15, 0.2) is 0 Å². The maximum absolute atomic E-state index is 11.4. The van der Waals surface area contributed by atoms with Crippen LogP contribution in [0.4, 0.5) is 0 Å². The minimum Gasteiger partial charge on any atom is -0.481 e. The number of carboxylic acids is 1. The fraction of sp³-hybridized carbons (Fsp3) is 0.833. The zero-order chi connectivity index (χ0) is 13.3. The Kier molecular flexibility index (Phi) is 8.40. The molecule has 1 amide bonds. The summed E-state index contributed by atoms with van der Waals surface area (Å²) in [6.07, 6.45) is 2.10. The van der Waals surface area contributed by atoms with E-state index >= 15 is 0 Å². The van der Waals surface area contributed by atoms with E-state index in [2.05, 4.69) is 10.6 Å². The maximum atomic E-state index is 11.4. The molecule has 100 valence electrons. The Bertz CT molecular complexity index is 244. The molecule has 0 aliphatic heterocycles. The van der Waals surface area contributed by atoms with Crippen LogP contribution < -0.4 is 10.6 Å². The zero-order valence-corrected chi connectivity index (χ0v) is 11.0. The van der Waals surface area contributed by atoms with Crippen LogP contribution in [0.2, 0.25) is 0 Å². The van der Waals surface area contributed by atoms with E-state index in [1.807, 2.05) is 20.8 Å². The average Bonchev–Trinajstić information content (AvgIpc) is 2.26. The fourth-order valence-corrected chi connectivity index (χ4v) is 1.32. The van der Waals surface area contributed by atoms with E-state index in [0.717, 1.165) is 6.42 Å². The highest BCUT2D eigenvalue weighted by molar-refractivity contribution is 5.76. The van der Waals surface area contributed by atoms with Crippen molar-refractivity contribution in [3.8, 4) is 0 Å². The Hall–Kier alpha value is -1.10. The van der Waals surface area contributed by atoms with Crippen molar-refractivity contribution in [2.75, 3.05) is 6.54 Å². The van der Waals surface area contributed by atoms with Crippen molar-refractivity contribution in [1.29, 1.82) is 0 Å². The van der Waals surface area contributed by atoms with E-state index < -0.39 is 5.97 Å². The number of aliphatic carboxylic acids is 1. The number of amides is 1. The van der Waals surface area contributed by atoms with Crippen molar-refractivity contribution in [3.05, 3.63) is 0 Å². The molecule has 0 fully saturated rings. The molecule has 5 nitrogen and oxygen atoms in total. The average molecular weight is 244 g/mol. The standard InChI is InChI=1S/C12H24N2O3/c1-4-9(2)14-11(15)7-8-13-10(3)5-6-12(16)17/h9-10,13H,4-8H2,1-3H3,(H,14,15)(H,16,17). The molecule has 0 rings (SSSR count). The van der Waals surface area contributed by atoms with Crippen molar-refractivity contribution < 1.29 is 14.7 Å². The first kappa shape index (κ1) is 15.9. The van der Waals surface area contributed by atoms with Crippen LogP contribution in [0.1, 0.15) is 46.5 Å². The summed E-state index contributed by atoms with van der Waals surface area (Å²) < 4.78 is 0. The molecule has 0 aromatic heterocycles. The summed E-state index contributed by atoms with van der Waals surface area (Å²) >= 11 is 0. The molecule has 0 bridgehead atoms. The van der Waals surface area contributed by atoms with Gasteiger partial charge in [-0.3, -0.25) is 9.59 Å². The number of hydrogen-bond acceptors (Lipinski definition) is 3. The summed E-state index contributed by atoms with van der Waals surface area (Å²) in [4.78, 5) is 21.8. The van der Waals surface area contributed by atoms with E-state index in [4.69, 9.17) is 5.11 Å². The summed E-state index contributed by atoms with van der Waals surface area (Å²) in [7, 11) is 0. The van der Waals surface area contributed by atoms with Gasteiger partial charge in [-0.05, 0) is 26.7 Å². The van der Waals surface area contributed by atoms with Gasteiger partial charge >= 0.3 is 5.97 Å². The van der Waals surface area contributed by atoms with E-state index in [0.29, 0.717) is 19.4 Å². The smallest absolute Gasteiger partial charge is 0.303 e. The summed E-state index contributed by atoms with van der Waals surface area (Å²) in [5.74, 6) is -0.745. The Morgan fingerprint density at radius 1 is 1.18 bits per heavy atom. The number of rotatable bonds is 9. The Balaban J connectivity index is 3.55. The van der Waals surface area contributed by atoms with Gasteiger partial charge in [0, 0.05) is 31.5 Å². The molecule has 3 N–H and O–H groups in total. The molecule has 0 radical (unpaired) electrons. The molecule has 0 saturated heterocycles. The number of nitrogens with one attached hydrogen (secondary N) is 2. The SMILES string of the molecule is CCC(C)NC(=O)CCNC(C)CCC(=O)O. The molecule has 0 aliphatic carbocycles. The molecule has 0 aromatic rings. The molecule has 0 heterocycles. The Labute approximate surface area is 103 Å². The molecule has 0 saturated carbocycles. The maximum Gasteiger partial charge on any atom is 0.303 e. The topological polar surface area (TPSA) is 78.4 Å². The van der Waals surface area contributed by atoms with Crippen molar-refractivity contribution in [2.45, 2.75) is 58.5 Å². The second kappa shape index (κ2) is 8.98. The summed E-state index contributed by atoms with van der Waals surface area (Å²) in [6.45, 7) is 6.51. The molecule has 0 aliphatic rings. The van der Waals surface area contributed by atoms with Crippen LogP contribution >= 0.6 is 0 Å². The normalized spacial score (nSPS) is 14.1. The third-order valence-corrected chi connectivity index (χ3v) is 2.66. The third kappa shape index (κ3) is 9.81. The number of carbonyl (C=O) groups excluding carboxylic acids is 1. The van der Waals surface area contributed by atoms with Gasteiger partial charge in [0.1, 0.15) is 0 Å². The lowest BCUT2D eigenvalue weighted by Gasteiger charge is -2.14. The van der Waals surface area contributed by atoms with Gasteiger partial charge in [-0.2, -0.15) is 0 Å². The van der Waals surface area contributed by atoms with Crippen molar-refractivity contribution >= 4 is 11.9 Å². The predicted molar refractivity (Wildman–Crippen MR) is 66.8 cm³/mol. The first-order valence-corrected chi connectivity index (χ1v) is 6.20. The monoisotopic (exact) mass is 244 g/mol. The molecular weight excluding hydrogens is 220 g/mol. The molecule has 5 heteroatoms. The first-order chi connectivity index (χ1) is 7.95. The van der Waals surface area contributed by atoms with E-state index in [-0.39, 0.29) is 24.4 Å². The van der Waals surface area contributed by atoms with E-state index in [1.54, 1.807) is 0 Å². The Morgan fingerprint density at radius 3 is 2.35 bits per heavy atom. The zero-order valence-electron chi connectivity index (χ0n) is 11.0. The second-order valence-electron chi connectivity index (χ2n) is 4.41. The highest BCUT2D eigenvalue weighted by Gasteiger charge is 2.07. The van der Waals surface area contributed by atoms with Crippen LogP contribution in [-0.2, 0) is 9.59 Å². The van der Waals surface area contributed by atoms with Gasteiger partial charge in [0.25, 0.3) is 0 Å². The molecule has 0 aromatic carbocycles. The van der Waals surface area contributed by atoms with Crippen LogP contribution in [0.3, 0.4) is 0 Å². The van der Waals surface area contributed by atoms with Gasteiger partial charge in [-0.15, -0.1) is 0 Å². The fourth-order valence-electron chi connectivity index (χ4n) is 1.32. The minimum atomic E-state index is -0.784. The van der Waals surface area contributed by atoms with E-state index in [9.17, 15) is 9.59 Å². The van der Waals surface area contributed by atoms with Gasteiger partial charge in [-0.1, -0.05) is 6.92 Å². The van der Waals surface area contributed by atoms with Gasteiger partial charge in [0.2, 0.25) is 5.91 Å². The van der Waals surface area contributed by atoms with Crippen LogP contribution in [0.25, 0.3) is 0 Å². The van der Waals surface area contributed by atoms with E-state index in [1.165, 1.54) is 0 Å². The third-order valence-electron chi connectivity index (χ3n) is 2.66. The highest BCUT2D eigenvalue weighted by atomic mass is 16.4. The van der Waals surface area contributed by atoms with Crippen molar-refractivity contribution in [1.82, 2.24) is 10.6 Å². The lowest BCUT2D eigenvalue weighted by molar-refractivity contribution is -0.137. The lowest BCUT2D eigenvalue weighted by Crippen LogP contribution is -2.35. The van der Waals surface area contributed by atoms with Crippen LogP contribution in [-0.4, -0.2) is 35.6 Å². The summed E-state index contributed by atoms with van der Waals surface area (Å²) in [5, 5.41) is 14.5. The van der Waals surface area contributed by atoms with Crippen LogP contribution in [0, 0.1) is 0 Å². The van der Waals surface area contributed by atoms with Gasteiger partial charge in [0.05, 0.1) is 0 Å². The first-order valence-electron chi connectivity index (χ1n) is 6.20. The molecule has 17 heavy (non-hydrogen) atoms. The Morgan fingerprint density at radius 2 is 1.82 bits per heavy atom. The number of carboxylic acid groups (broad SMARTS) is 1. The predicted octanol–water partition coefficient (Wildman–Crippen LogP) is 1.13. The summed E-state index contributed by atoms with van der Waals surface area (Å²) in [5.41, 5.74) is 0. The van der Waals surface area contributed by atoms with Gasteiger partial charge in [0.15, 0.2) is 0 Å². The lowest BCUT2D eigenvalue weighted by atomic mass is 10.2. The minimum absolute atomic E-state index is 0.0392. The molecule has 2 atom stereocenters. The highest BCUT2D eigenvalue weighted by Crippen LogP contribution is 1.96. The summed E-state index contributed by atoms with van der Waals surface area (Å²) in [6, 6.07) is 0.342. The van der Waals surface area contributed by atoms with Crippen LogP contribution in [0.5, 0.6) is 0 Å². The van der Waals surface area contributed by atoms with Crippen molar-refractivity contribution in [2.24, 2.45) is 0 Å². The number of carbonyl (C=O) groups is 2.